The lowest BCUT2D eigenvalue weighted by Crippen LogP contribution is -2.22. The lowest BCUT2D eigenvalue weighted by atomic mass is 9.88. The maximum Gasteiger partial charge on any atom is 0.159 e. The molecule has 0 aliphatic heterocycles. The summed E-state index contributed by atoms with van der Waals surface area (Å²) in [5.41, 5.74) is 2.68. The third-order valence-corrected chi connectivity index (χ3v) is 4.13. The lowest BCUT2D eigenvalue weighted by Gasteiger charge is -2.26. The van der Waals surface area contributed by atoms with Crippen LogP contribution in [-0.4, -0.2) is 54.3 Å². The van der Waals surface area contributed by atoms with Crippen LogP contribution in [-0.2, 0) is 9.53 Å². The highest BCUT2D eigenvalue weighted by Crippen LogP contribution is 2.35. The number of hydrogen-bond acceptors (Lipinski definition) is 6. The first-order valence-corrected chi connectivity index (χ1v) is 8.51. The van der Waals surface area contributed by atoms with E-state index < -0.39 is 6.10 Å². The molecule has 1 aromatic carbocycles. The van der Waals surface area contributed by atoms with Gasteiger partial charge in [0.15, 0.2) is 11.6 Å². The minimum Gasteiger partial charge on any atom is -0.491 e. The zero-order valence-corrected chi connectivity index (χ0v) is 15.0. The summed E-state index contributed by atoms with van der Waals surface area (Å²) in [6.45, 7) is 2.94. The van der Waals surface area contributed by atoms with Crippen LogP contribution in [0, 0.1) is 0 Å². The first-order valence-electron chi connectivity index (χ1n) is 8.51. The zero-order valence-electron chi connectivity index (χ0n) is 15.0. The van der Waals surface area contributed by atoms with Gasteiger partial charge in [-0.25, -0.2) is 0 Å². The van der Waals surface area contributed by atoms with E-state index >= 15 is 0 Å². The number of benzene rings is 1. The fourth-order valence-corrected chi connectivity index (χ4v) is 2.80. The van der Waals surface area contributed by atoms with Crippen molar-refractivity contribution in [1.29, 1.82) is 0 Å². The number of hydrogen-bond donors (Lipinski definition) is 2. The number of carbonyl (C=O) groups excluding carboxylic acids is 2. The molecule has 1 atom stereocenters. The molecule has 0 aromatic heterocycles. The van der Waals surface area contributed by atoms with Crippen molar-refractivity contribution in [2.75, 3.05) is 26.4 Å². The van der Waals surface area contributed by atoms with Crippen LogP contribution < -0.4 is 4.74 Å². The molecule has 1 aliphatic carbocycles. The molecule has 0 fully saturated rings. The summed E-state index contributed by atoms with van der Waals surface area (Å²) >= 11 is 0. The van der Waals surface area contributed by atoms with Crippen molar-refractivity contribution in [2.24, 2.45) is 0 Å². The summed E-state index contributed by atoms with van der Waals surface area (Å²) in [7, 11) is 0. The Labute approximate surface area is 152 Å². The summed E-state index contributed by atoms with van der Waals surface area (Å²) in [4.78, 5) is 23.4. The Morgan fingerprint density at radius 1 is 1.08 bits per heavy atom. The molecular weight excluding hydrogens is 336 g/mol. The maximum absolute atomic E-state index is 11.7. The fourth-order valence-electron chi connectivity index (χ4n) is 2.80. The van der Waals surface area contributed by atoms with Crippen molar-refractivity contribution in [3.63, 3.8) is 0 Å². The Balaban J connectivity index is 2.46. The van der Waals surface area contributed by atoms with Crippen molar-refractivity contribution < 1.29 is 29.3 Å². The van der Waals surface area contributed by atoms with Gasteiger partial charge in [0.05, 0.1) is 25.9 Å². The van der Waals surface area contributed by atoms with Gasteiger partial charge >= 0.3 is 0 Å². The van der Waals surface area contributed by atoms with Crippen LogP contribution in [0.4, 0.5) is 0 Å². The zero-order chi connectivity index (χ0) is 19.1. The number of aliphatic hydroxyl groups excluding tert-OH is 2. The Bertz CT molecular complexity index is 732. The molecule has 1 aromatic rings. The molecule has 6 heteroatoms. The molecule has 0 heterocycles. The third kappa shape index (κ3) is 4.88. The van der Waals surface area contributed by atoms with Crippen LogP contribution in [0.3, 0.4) is 0 Å². The molecule has 0 saturated carbocycles. The molecule has 26 heavy (non-hydrogen) atoms. The van der Waals surface area contributed by atoms with Crippen LogP contribution in [0.15, 0.2) is 35.9 Å². The number of Topliss-reactive ketones (excluding diaryl/α,β-unsaturated/α-hetero) is 2. The highest BCUT2D eigenvalue weighted by atomic mass is 16.5. The van der Waals surface area contributed by atoms with Gasteiger partial charge in [0.2, 0.25) is 0 Å². The molecule has 2 N–H and O–H groups in total. The van der Waals surface area contributed by atoms with E-state index in [9.17, 15) is 9.59 Å². The van der Waals surface area contributed by atoms with Gasteiger partial charge in [-0.1, -0.05) is 24.3 Å². The number of aliphatic hydroxyl groups is 2. The number of ether oxygens (including phenoxy) is 2. The van der Waals surface area contributed by atoms with Crippen LogP contribution >= 0.6 is 0 Å². The first-order chi connectivity index (χ1) is 12.5. The lowest BCUT2D eigenvalue weighted by molar-refractivity contribution is -0.114. The second-order valence-corrected chi connectivity index (χ2v) is 6.00. The molecule has 0 amide bonds. The summed E-state index contributed by atoms with van der Waals surface area (Å²) in [5, 5.41) is 18.1. The van der Waals surface area contributed by atoms with E-state index in [0.29, 0.717) is 23.3 Å². The second-order valence-electron chi connectivity index (χ2n) is 6.00. The smallest absolute Gasteiger partial charge is 0.159 e. The van der Waals surface area contributed by atoms with Gasteiger partial charge in [-0.05, 0) is 31.1 Å². The average molecular weight is 360 g/mol. The van der Waals surface area contributed by atoms with Gasteiger partial charge < -0.3 is 19.7 Å². The van der Waals surface area contributed by atoms with E-state index in [0.717, 1.165) is 11.1 Å². The van der Waals surface area contributed by atoms with E-state index in [2.05, 4.69) is 0 Å². The van der Waals surface area contributed by atoms with E-state index in [-0.39, 0.29) is 38.0 Å². The largest absolute Gasteiger partial charge is 0.491 e. The Kier molecular flexibility index (Phi) is 7.26. The van der Waals surface area contributed by atoms with Crippen molar-refractivity contribution >= 4 is 17.1 Å². The second kappa shape index (κ2) is 9.43. The quantitative estimate of drug-likeness (QED) is 0.654. The fraction of sp³-hybridized carbons (Fsp3) is 0.400. The molecular formula is C20H24O6. The van der Waals surface area contributed by atoms with Crippen LogP contribution in [0.1, 0.15) is 36.2 Å². The molecule has 140 valence electrons. The molecule has 2 rings (SSSR count). The third-order valence-electron chi connectivity index (χ3n) is 4.13. The number of carbonyl (C=O) groups is 2. The molecule has 0 spiro atoms. The molecule has 0 saturated heterocycles. The van der Waals surface area contributed by atoms with Crippen molar-refractivity contribution in [1.82, 2.24) is 0 Å². The van der Waals surface area contributed by atoms with Crippen LogP contribution in [0.2, 0.25) is 0 Å². The van der Waals surface area contributed by atoms with Crippen molar-refractivity contribution in [3.8, 4) is 5.75 Å². The highest BCUT2D eigenvalue weighted by molar-refractivity contribution is 5.97. The number of allylic oxidation sites excluding steroid dienone is 2. The number of rotatable bonds is 9. The van der Waals surface area contributed by atoms with Gasteiger partial charge in [0.25, 0.3) is 0 Å². The predicted octanol–water partition coefficient (Wildman–Crippen LogP) is 1.94. The Morgan fingerprint density at radius 2 is 1.81 bits per heavy atom. The number of ketones is 2. The molecule has 0 radical (unpaired) electrons. The van der Waals surface area contributed by atoms with Gasteiger partial charge in [-0.3, -0.25) is 9.59 Å². The monoisotopic (exact) mass is 360 g/mol. The summed E-state index contributed by atoms with van der Waals surface area (Å²) in [6.07, 6.45) is 3.54. The normalized spacial score (nSPS) is 16.7. The SMILES string of the molecule is CC(=O)C1=CC=C(c2ccc(C(C)=O)cc2OCCO)C(OCCO)C1. The first kappa shape index (κ1) is 20.0. The molecule has 6 nitrogen and oxygen atoms in total. The van der Waals surface area contributed by atoms with Gasteiger partial charge in [0.1, 0.15) is 12.4 Å². The van der Waals surface area contributed by atoms with Gasteiger partial charge in [-0.2, -0.15) is 0 Å². The van der Waals surface area contributed by atoms with E-state index in [1.165, 1.54) is 13.8 Å². The Morgan fingerprint density at radius 3 is 2.42 bits per heavy atom. The summed E-state index contributed by atoms with van der Waals surface area (Å²) in [5.74, 6) is 0.353. The van der Waals surface area contributed by atoms with E-state index in [1.54, 1.807) is 30.4 Å². The van der Waals surface area contributed by atoms with E-state index in [4.69, 9.17) is 19.7 Å². The van der Waals surface area contributed by atoms with Crippen LogP contribution in [0.5, 0.6) is 5.75 Å². The topological polar surface area (TPSA) is 93.1 Å². The van der Waals surface area contributed by atoms with Gasteiger partial charge in [0, 0.05) is 17.5 Å². The van der Waals surface area contributed by atoms with Crippen molar-refractivity contribution in [2.45, 2.75) is 26.4 Å². The predicted molar refractivity (Wildman–Crippen MR) is 97.2 cm³/mol. The average Bonchev–Trinajstić information content (AvgIpc) is 2.64. The van der Waals surface area contributed by atoms with Crippen LogP contribution in [0.25, 0.3) is 5.57 Å². The maximum atomic E-state index is 11.7. The molecule has 1 aliphatic rings. The molecule has 0 bridgehead atoms. The molecule has 1 unspecified atom stereocenters. The summed E-state index contributed by atoms with van der Waals surface area (Å²) < 4.78 is 11.4. The van der Waals surface area contributed by atoms with Crippen molar-refractivity contribution in [3.05, 3.63) is 47.1 Å². The van der Waals surface area contributed by atoms with E-state index in [1.807, 2.05) is 0 Å². The highest BCUT2D eigenvalue weighted by Gasteiger charge is 2.25. The standard InChI is InChI=1S/C20H24O6/c1-13(23)15-3-5-17(19(11-15)25-9-7-21)18-6-4-16(14(2)24)12-20(18)26-10-8-22/h3-6,11,20-22H,7-10,12H2,1-2H3. The minimum absolute atomic E-state index is 0.0263. The Hall–Kier alpha value is -2.28. The minimum atomic E-state index is -0.411. The van der Waals surface area contributed by atoms with Gasteiger partial charge in [-0.15, -0.1) is 0 Å². The summed E-state index contributed by atoms with van der Waals surface area (Å²) in [6, 6.07) is 5.12.